The second kappa shape index (κ2) is 4.69. The van der Waals surface area contributed by atoms with Gasteiger partial charge in [-0.2, -0.15) is 0 Å². The Kier molecular flexibility index (Phi) is 3.55. The van der Waals surface area contributed by atoms with Crippen LogP contribution in [0, 0.1) is 0 Å². The zero-order valence-electron chi connectivity index (χ0n) is 8.23. The number of rotatable bonds is 4. The second-order valence-electron chi connectivity index (χ2n) is 3.33. The Morgan fingerprint density at radius 3 is 2.79 bits per heavy atom. The van der Waals surface area contributed by atoms with Gasteiger partial charge >= 0.3 is 6.03 Å². The van der Waals surface area contributed by atoms with Crippen molar-refractivity contribution in [2.75, 3.05) is 13.1 Å². The van der Waals surface area contributed by atoms with Gasteiger partial charge in [0.1, 0.15) is 0 Å². The first-order valence-corrected chi connectivity index (χ1v) is 4.69. The smallest absolute Gasteiger partial charge is 0.318 e. The van der Waals surface area contributed by atoms with Crippen LogP contribution >= 0.6 is 0 Å². The number of carbonyl (C=O) groups is 1. The van der Waals surface area contributed by atoms with E-state index in [0.29, 0.717) is 12.6 Å². The maximum absolute atomic E-state index is 11.5. The molecule has 1 aliphatic carbocycles. The summed E-state index contributed by atoms with van der Waals surface area (Å²) in [4.78, 5) is 13.0. The van der Waals surface area contributed by atoms with Crippen molar-refractivity contribution in [1.29, 1.82) is 0 Å². The Morgan fingerprint density at radius 1 is 1.71 bits per heavy atom. The summed E-state index contributed by atoms with van der Waals surface area (Å²) in [6, 6.07) is 0.172. The van der Waals surface area contributed by atoms with Crippen LogP contribution in [0.5, 0.6) is 0 Å². The molecule has 1 aliphatic rings. The van der Waals surface area contributed by atoms with E-state index in [2.05, 4.69) is 10.5 Å². The highest BCUT2D eigenvalue weighted by Gasteiger charge is 2.25. The van der Waals surface area contributed by atoms with Crippen molar-refractivity contribution < 1.29 is 10.0 Å². The molecule has 4 N–H and O–H groups in total. The summed E-state index contributed by atoms with van der Waals surface area (Å²) in [6.45, 7) is 2.54. The van der Waals surface area contributed by atoms with Crippen LogP contribution in [-0.4, -0.2) is 41.1 Å². The highest BCUT2D eigenvalue weighted by Crippen LogP contribution is 2.18. The first kappa shape index (κ1) is 10.6. The number of nitrogens with two attached hydrogens (primary N) is 1. The van der Waals surface area contributed by atoms with Crippen molar-refractivity contribution >= 4 is 11.9 Å². The molecule has 1 rings (SSSR count). The van der Waals surface area contributed by atoms with Gasteiger partial charge in [-0.15, -0.1) is 0 Å². The molecule has 0 atom stereocenters. The highest BCUT2D eigenvalue weighted by atomic mass is 16.4. The Morgan fingerprint density at radius 2 is 2.36 bits per heavy atom. The minimum absolute atomic E-state index is 0.0396. The van der Waals surface area contributed by atoms with Crippen molar-refractivity contribution in [1.82, 2.24) is 10.2 Å². The zero-order valence-corrected chi connectivity index (χ0v) is 8.23. The summed E-state index contributed by atoms with van der Waals surface area (Å²) >= 11 is 0. The minimum Gasteiger partial charge on any atom is -0.409 e. The van der Waals surface area contributed by atoms with Gasteiger partial charge in [-0.3, -0.25) is 0 Å². The largest absolute Gasteiger partial charge is 0.409 e. The summed E-state index contributed by atoms with van der Waals surface area (Å²) in [6.07, 6.45) is 2.10. The third kappa shape index (κ3) is 3.12. The Hall–Kier alpha value is -1.46. The molecule has 1 saturated carbocycles. The average molecular weight is 200 g/mol. The number of likely N-dealkylation sites (N-methyl/N-ethyl adjacent to an activating group) is 1. The van der Waals surface area contributed by atoms with E-state index in [1.807, 2.05) is 6.92 Å². The summed E-state index contributed by atoms with van der Waals surface area (Å²) < 4.78 is 0. The van der Waals surface area contributed by atoms with E-state index in [1.54, 1.807) is 0 Å². The molecule has 0 spiro atoms. The fourth-order valence-corrected chi connectivity index (χ4v) is 1.05. The van der Waals surface area contributed by atoms with Gasteiger partial charge in [-0.05, 0) is 19.8 Å². The lowest BCUT2D eigenvalue weighted by atomic mass is 10.5. The number of oxime groups is 1. The number of amides is 2. The number of hydrogen-bond donors (Lipinski definition) is 3. The maximum atomic E-state index is 11.5. The normalized spacial score (nSPS) is 16.5. The monoisotopic (exact) mass is 200 g/mol. The van der Waals surface area contributed by atoms with E-state index < -0.39 is 0 Å². The lowest BCUT2D eigenvalue weighted by molar-refractivity contribution is 0.206. The van der Waals surface area contributed by atoms with Crippen molar-refractivity contribution in [3.63, 3.8) is 0 Å². The molecule has 1 fully saturated rings. The molecular formula is C8H16N4O2. The molecule has 2 amide bonds. The predicted molar refractivity (Wildman–Crippen MR) is 52.2 cm³/mol. The molecule has 6 nitrogen and oxygen atoms in total. The molecule has 0 heterocycles. The van der Waals surface area contributed by atoms with E-state index in [0.717, 1.165) is 12.8 Å². The van der Waals surface area contributed by atoms with Gasteiger partial charge in [-0.1, -0.05) is 5.16 Å². The van der Waals surface area contributed by atoms with E-state index in [-0.39, 0.29) is 18.4 Å². The summed E-state index contributed by atoms with van der Waals surface area (Å²) in [5.41, 5.74) is 5.31. The molecule has 0 unspecified atom stereocenters. The first-order valence-electron chi connectivity index (χ1n) is 4.69. The molecule has 80 valence electrons. The number of carbonyl (C=O) groups excluding carboxylic acids is 1. The molecule has 14 heavy (non-hydrogen) atoms. The molecule has 0 bridgehead atoms. The van der Waals surface area contributed by atoms with Gasteiger partial charge in [0, 0.05) is 12.6 Å². The number of urea groups is 1. The van der Waals surface area contributed by atoms with Crippen molar-refractivity contribution in [2.45, 2.75) is 25.8 Å². The van der Waals surface area contributed by atoms with Gasteiger partial charge in [0.15, 0.2) is 5.84 Å². The molecule has 0 aromatic rings. The molecule has 0 aromatic heterocycles. The van der Waals surface area contributed by atoms with Gasteiger partial charge in [0.2, 0.25) is 0 Å². The lowest BCUT2D eigenvalue weighted by Gasteiger charge is -2.20. The molecule has 0 aliphatic heterocycles. The van der Waals surface area contributed by atoms with Crippen molar-refractivity contribution in [3.05, 3.63) is 0 Å². The van der Waals surface area contributed by atoms with Crippen molar-refractivity contribution in [2.24, 2.45) is 10.9 Å². The highest BCUT2D eigenvalue weighted by molar-refractivity contribution is 5.86. The quantitative estimate of drug-likeness (QED) is 0.257. The number of hydrogen-bond acceptors (Lipinski definition) is 3. The van der Waals surface area contributed by atoms with Crippen molar-refractivity contribution in [3.8, 4) is 0 Å². The number of amidine groups is 1. The third-order valence-electron chi connectivity index (χ3n) is 2.06. The lowest BCUT2D eigenvalue weighted by Crippen LogP contribution is -2.44. The number of nitrogens with one attached hydrogen (secondary N) is 1. The zero-order chi connectivity index (χ0) is 10.6. The van der Waals surface area contributed by atoms with E-state index in [1.165, 1.54) is 4.90 Å². The Bertz CT molecular complexity index is 237. The van der Waals surface area contributed by atoms with Crippen LogP contribution in [0.15, 0.2) is 5.16 Å². The fourth-order valence-electron chi connectivity index (χ4n) is 1.05. The SMILES string of the molecule is CCN(CC(N)=NO)C(=O)NC1CC1. The molecule has 0 saturated heterocycles. The summed E-state index contributed by atoms with van der Waals surface area (Å²) in [7, 11) is 0. The maximum Gasteiger partial charge on any atom is 0.318 e. The van der Waals surface area contributed by atoms with E-state index in [4.69, 9.17) is 10.9 Å². The topological polar surface area (TPSA) is 90.9 Å². The van der Waals surface area contributed by atoms with Gasteiger partial charge in [0.05, 0.1) is 6.54 Å². The van der Waals surface area contributed by atoms with Crippen LogP contribution in [0.3, 0.4) is 0 Å². The fraction of sp³-hybridized carbons (Fsp3) is 0.750. The Balaban J connectivity index is 2.38. The van der Waals surface area contributed by atoms with E-state index >= 15 is 0 Å². The summed E-state index contributed by atoms with van der Waals surface area (Å²) in [5, 5.41) is 14.0. The molecule has 6 heteroatoms. The number of nitrogens with zero attached hydrogens (tertiary/aromatic N) is 2. The Labute approximate surface area is 82.7 Å². The van der Waals surface area contributed by atoms with Gasteiger partial charge < -0.3 is 21.2 Å². The van der Waals surface area contributed by atoms with Crippen LogP contribution in [-0.2, 0) is 0 Å². The minimum atomic E-state index is -0.151. The van der Waals surface area contributed by atoms with Crippen LogP contribution in [0.1, 0.15) is 19.8 Å². The molecule has 0 radical (unpaired) electrons. The molecule has 0 aromatic carbocycles. The summed E-state index contributed by atoms with van der Waals surface area (Å²) in [5.74, 6) is 0.0396. The van der Waals surface area contributed by atoms with Crippen LogP contribution in [0.2, 0.25) is 0 Å². The van der Waals surface area contributed by atoms with Crippen LogP contribution < -0.4 is 11.1 Å². The van der Waals surface area contributed by atoms with Crippen LogP contribution in [0.25, 0.3) is 0 Å². The second-order valence-corrected chi connectivity index (χ2v) is 3.33. The molecular weight excluding hydrogens is 184 g/mol. The third-order valence-corrected chi connectivity index (χ3v) is 2.06. The van der Waals surface area contributed by atoms with E-state index in [9.17, 15) is 4.79 Å². The average Bonchev–Trinajstić information content (AvgIpc) is 2.97. The predicted octanol–water partition coefficient (Wildman–Crippen LogP) is -0.0733. The van der Waals surface area contributed by atoms with Gasteiger partial charge in [-0.25, -0.2) is 4.79 Å². The van der Waals surface area contributed by atoms with Gasteiger partial charge in [0.25, 0.3) is 0 Å². The standard InChI is InChI=1S/C8H16N4O2/c1-2-12(5-7(9)11-14)8(13)10-6-3-4-6/h6,14H,2-5H2,1H3,(H2,9,11)(H,10,13). The first-order chi connectivity index (χ1) is 6.67. The van der Waals surface area contributed by atoms with Crippen LogP contribution in [0.4, 0.5) is 4.79 Å².